The van der Waals surface area contributed by atoms with Crippen molar-refractivity contribution in [1.29, 1.82) is 0 Å². The first-order valence-corrected chi connectivity index (χ1v) is 26.1. The average molecular weight is 991 g/mol. The van der Waals surface area contributed by atoms with Gasteiger partial charge in [-0.05, 0) is 83.5 Å². The van der Waals surface area contributed by atoms with Gasteiger partial charge < -0.3 is 50.1 Å². The maximum atomic E-state index is 12.8. The van der Waals surface area contributed by atoms with Gasteiger partial charge in [0.1, 0.15) is 43.2 Å². The van der Waals surface area contributed by atoms with Crippen molar-refractivity contribution in [2.24, 2.45) is 0 Å². The molecule has 8 N–H and O–H groups in total. The van der Waals surface area contributed by atoms with E-state index in [9.17, 15) is 54.8 Å². The van der Waals surface area contributed by atoms with Gasteiger partial charge in [-0.1, -0.05) is 155 Å². The van der Waals surface area contributed by atoms with Crippen LogP contribution < -0.4 is 0 Å². The van der Waals surface area contributed by atoms with Crippen molar-refractivity contribution in [2.45, 2.75) is 184 Å². The third kappa shape index (κ3) is 33.4. The molecule has 1 aliphatic rings. The molecule has 0 radical (unpaired) electrons. The van der Waals surface area contributed by atoms with Gasteiger partial charge >= 0.3 is 19.8 Å². The summed E-state index contributed by atoms with van der Waals surface area (Å²) in [6, 6.07) is 0. The monoisotopic (exact) mass is 991 g/mol. The van der Waals surface area contributed by atoms with E-state index in [1.807, 2.05) is 37.3 Å². The maximum Gasteiger partial charge on any atom is 0.472 e. The van der Waals surface area contributed by atoms with Gasteiger partial charge in [0.15, 0.2) is 6.10 Å². The van der Waals surface area contributed by atoms with Gasteiger partial charge in [0.05, 0.1) is 18.8 Å². The Morgan fingerprint density at radius 1 is 0.551 bits per heavy atom. The number of hydrogen-bond acceptors (Lipinski definition) is 14. The molecule has 0 aromatic rings. The molecule has 0 bridgehead atoms. The van der Waals surface area contributed by atoms with Crippen molar-refractivity contribution in [3.8, 4) is 0 Å². The van der Waals surface area contributed by atoms with Crippen molar-refractivity contribution in [3.05, 3.63) is 122 Å². The fourth-order valence-corrected chi connectivity index (χ4v) is 7.45. The number of hydrogen-bond donors (Lipinski definition) is 8. The average Bonchev–Trinajstić information content (AvgIpc) is 3.32. The quantitative estimate of drug-likeness (QED) is 0.00957. The number of aliphatic hydroxyl groups excluding tert-OH is 7. The van der Waals surface area contributed by atoms with Crippen LogP contribution in [0, 0.1) is 0 Å². The van der Waals surface area contributed by atoms with Crippen molar-refractivity contribution in [2.75, 3.05) is 13.2 Å². The van der Waals surface area contributed by atoms with Gasteiger partial charge in [0, 0.05) is 12.8 Å². The lowest BCUT2D eigenvalue weighted by atomic mass is 9.85. The molecule has 1 fully saturated rings. The molecule has 15 nitrogen and oxygen atoms in total. The van der Waals surface area contributed by atoms with Crippen molar-refractivity contribution >= 4 is 19.8 Å². The van der Waals surface area contributed by atoms with E-state index in [-0.39, 0.29) is 12.8 Å². The first-order valence-electron chi connectivity index (χ1n) is 24.6. The summed E-state index contributed by atoms with van der Waals surface area (Å²) >= 11 is 0. The Kier molecular flexibility index (Phi) is 37.4. The number of allylic oxidation sites excluding steroid dienone is 16. The fraction of sp³-hybridized carbons (Fsp3) is 0.585. The van der Waals surface area contributed by atoms with E-state index >= 15 is 0 Å². The van der Waals surface area contributed by atoms with Crippen LogP contribution in [0.15, 0.2) is 122 Å². The molecule has 0 saturated heterocycles. The Balaban J connectivity index is 2.58. The molecule has 10 atom stereocenters. The number of phosphoric acid groups is 1. The summed E-state index contributed by atoms with van der Waals surface area (Å²) in [6.07, 6.45) is 37.3. The molecule has 3 unspecified atom stereocenters. The summed E-state index contributed by atoms with van der Waals surface area (Å²) in [4.78, 5) is 35.8. The number of carbonyl (C=O) groups is 2. The zero-order valence-electron chi connectivity index (χ0n) is 40.8. The summed E-state index contributed by atoms with van der Waals surface area (Å²) in [6.45, 7) is 2.88. The SMILES string of the molecule is CC/C=C\C[C@@H](O)/C=C/C=C\C/C=C\C=C\[C@@H](O)/C=C\CCCC(=O)OC[C@H](COP(=O)(O)OC1[C@H](O)[C@H](O)C(O)[C@H](O)[C@H]1O)OC(=O)CCCCC/C=C\C/C=C\C/C=C\C/C=C\CCCCC. The largest absolute Gasteiger partial charge is 0.472 e. The molecule has 1 saturated carbocycles. The van der Waals surface area contributed by atoms with E-state index in [4.69, 9.17) is 18.5 Å². The Morgan fingerprint density at radius 2 is 1.09 bits per heavy atom. The highest BCUT2D eigenvalue weighted by Gasteiger charge is 2.51. The molecule has 0 aliphatic heterocycles. The molecular formula is C53H83O15P. The highest BCUT2D eigenvalue weighted by molar-refractivity contribution is 7.47. The number of phosphoric ester groups is 1. The van der Waals surface area contributed by atoms with Crippen LogP contribution in [0.2, 0.25) is 0 Å². The van der Waals surface area contributed by atoms with Gasteiger partial charge in [0.25, 0.3) is 0 Å². The molecule has 1 aliphatic carbocycles. The Morgan fingerprint density at radius 3 is 1.70 bits per heavy atom. The second-order valence-corrected chi connectivity index (χ2v) is 18.0. The molecule has 0 amide bonds. The van der Waals surface area contributed by atoms with Crippen LogP contribution in [0.5, 0.6) is 0 Å². The summed E-state index contributed by atoms with van der Waals surface area (Å²) < 4.78 is 33.4. The molecule has 0 spiro atoms. The van der Waals surface area contributed by atoms with Gasteiger partial charge in [-0.15, -0.1) is 0 Å². The molecule has 0 aromatic carbocycles. The molecule has 0 aromatic heterocycles. The van der Waals surface area contributed by atoms with Crippen LogP contribution in [-0.2, 0) is 32.7 Å². The summed E-state index contributed by atoms with van der Waals surface area (Å²) in [5.74, 6) is -1.33. The number of ether oxygens (including phenoxy) is 2. The van der Waals surface area contributed by atoms with Gasteiger partial charge in [-0.2, -0.15) is 0 Å². The first kappa shape index (κ1) is 63.2. The van der Waals surface area contributed by atoms with Gasteiger partial charge in [0.2, 0.25) is 0 Å². The van der Waals surface area contributed by atoms with E-state index in [0.29, 0.717) is 32.1 Å². The van der Waals surface area contributed by atoms with E-state index in [0.717, 1.165) is 51.4 Å². The van der Waals surface area contributed by atoms with Crippen LogP contribution >= 0.6 is 7.82 Å². The van der Waals surface area contributed by atoms with Crippen LogP contribution in [0.1, 0.15) is 129 Å². The lowest BCUT2D eigenvalue weighted by molar-refractivity contribution is -0.220. The minimum atomic E-state index is -5.19. The predicted molar refractivity (Wildman–Crippen MR) is 269 cm³/mol. The second-order valence-electron chi connectivity index (χ2n) is 16.6. The standard InChI is InChI=1S/C53H83O15P/c1-3-5-7-8-9-10-11-12-13-14-15-16-17-18-19-20-24-27-33-40-47(57)67-45(42-66-69(63,64)68-53-51(61)49(59)48(58)50(60)52(53)62)41-65-46(56)39-34-28-32-38-44(55)37-31-26-23-21-22-25-30-36-43(54)35-29-6-4-2/h6,9-10,12-13,15-16,18-19,22-23,25-26,29-32,36-38,43-45,48-55,58-62H,3-5,7-8,11,14,17,20-21,24,27-28,33-35,39-42H2,1-2H3,(H,63,64)/b10-9-,13-12-,16-15-,19-18-,25-22-,26-23-,29-6-,36-30+,37-31+,38-32-/t43-,44-,45-,48?,49-,50+,51-,52-,53?/m1/s1. The molecule has 69 heavy (non-hydrogen) atoms. The minimum Gasteiger partial charge on any atom is -0.462 e. The number of rotatable bonds is 38. The number of unbranched alkanes of at least 4 members (excludes halogenated alkanes) is 7. The summed E-state index contributed by atoms with van der Waals surface area (Å²) in [7, 11) is -5.19. The summed E-state index contributed by atoms with van der Waals surface area (Å²) in [5, 5.41) is 70.3. The smallest absolute Gasteiger partial charge is 0.462 e. The van der Waals surface area contributed by atoms with E-state index in [1.54, 1.807) is 42.5 Å². The first-order chi connectivity index (χ1) is 33.2. The lowest BCUT2D eigenvalue weighted by Gasteiger charge is -2.41. The molecule has 1 rings (SSSR count). The molecular weight excluding hydrogens is 908 g/mol. The Bertz CT molecular complexity index is 1700. The fourth-order valence-electron chi connectivity index (χ4n) is 6.48. The minimum absolute atomic E-state index is 0.00792. The lowest BCUT2D eigenvalue weighted by Crippen LogP contribution is -2.64. The maximum absolute atomic E-state index is 12.8. The number of esters is 2. The highest BCUT2D eigenvalue weighted by atomic mass is 31.2. The normalized spacial score (nSPS) is 22.9. The van der Waals surface area contributed by atoms with Crippen molar-refractivity contribution < 1.29 is 73.3 Å². The van der Waals surface area contributed by atoms with E-state index < -0.39 is 87.9 Å². The topological polar surface area (TPSA) is 250 Å². The Labute approximate surface area is 410 Å². The zero-order valence-corrected chi connectivity index (χ0v) is 41.7. The van der Waals surface area contributed by atoms with Crippen LogP contribution in [-0.4, -0.2) is 121 Å². The van der Waals surface area contributed by atoms with Crippen LogP contribution in [0.25, 0.3) is 0 Å². The van der Waals surface area contributed by atoms with Crippen LogP contribution in [0.3, 0.4) is 0 Å². The predicted octanol–water partition coefficient (Wildman–Crippen LogP) is 8.11. The third-order valence-electron chi connectivity index (χ3n) is 10.5. The van der Waals surface area contributed by atoms with Crippen molar-refractivity contribution in [1.82, 2.24) is 0 Å². The van der Waals surface area contributed by atoms with E-state index in [1.165, 1.54) is 19.3 Å². The van der Waals surface area contributed by atoms with Gasteiger partial charge in [-0.3, -0.25) is 18.6 Å². The van der Waals surface area contributed by atoms with Gasteiger partial charge in [-0.25, -0.2) is 4.57 Å². The molecule has 16 heteroatoms. The Hall–Kier alpha value is -3.83. The number of aliphatic hydroxyl groups is 7. The second kappa shape index (κ2) is 40.9. The molecule has 390 valence electrons. The number of carbonyl (C=O) groups excluding carboxylic acids is 2. The highest BCUT2D eigenvalue weighted by Crippen LogP contribution is 2.47. The van der Waals surface area contributed by atoms with Crippen LogP contribution in [0.4, 0.5) is 0 Å². The third-order valence-corrected chi connectivity index (χ3v) is 11.4. The molecule has 0 heterocycles. The van der Waals surface area contributed by atoms with E-state index in [2.05, 4.69) is 55.5 Å². The van der Waals surface area contributed by atoms with Crippen molar-refractivity contribution in [3.63, 3.8) is 0 Å². The zero-order chi connectivity index (χ0) is 51.0. The summed E-state index contributed by atoms with van der Waals surface area (Å²) in [5.41, 5.74) is 0.